The molecule has 24 heavy (non-hydrogen) atoms. The van der Waals surface area contributed by atoms with E-state index in [0.717, 1.165) is 46.7 Å². The lowest BCUT2D eigenvalue weighted by molar-refractivity contribution is 0.509. The monoisotopic (exact) mass is 340 g/mol. The van der Waals surface area contributed by atoms with E-state index in [-0.39, 0.29) is 5.56 Å². The van der Waals surface area contributed by atoms with Crippen molar-refractivity contribution in [2.45, 2.75) is 46.6 Å². The molecule has 6 heteroatoms. The molecule has 1 aliphatic rings. The first-order chi connectivity index (χ1) is 11.5. The van der Waals surface area contributed by atoms with Crippen LogP contribution in [-0.4, -0.2) is 19.5 Å². The van der Waals surface area contributed by atoms with Gasteiger partial charge in [0.1, 0.15) is 10.7 Å². The molecular weight excluding hydrogens is 320 g/mol. The number of aryl methyl sites for hydroxylation is 3. The molecule has 0 N–H and O–H groups in total. The van der Waals surface area contributed by atoms with Crippen LogP contribution in [0.25, 0.3) is 10.2 Å². The van der Waals surface area contributed by atoms with Gasteiger partial charge in [-0.3, -0.25) is 9.36 Å². The van der Waals surface area contributed by atoms with Gasteiger partial charge in [-0.1, -0.05) is 6.92 Å². The molecule has 3 heterocycles. The van der Waals surface area contributed by atoms with Crippen molar-refractivity contribution in [1.82, 2.24) is 19.5 Å². The average Bonchev–Trinajstić information content (AvgIpc) is 2.87. The van der Waals surface area contributed by atoms with E-state index >= 15 is 0 Å². The van der Waals surface area contributed by atoms with Crippen LogP contribution in [-0.2, 0) is 19.4 Å². The van der Waals surface area contributed by atoms with Crippen molar-refractivity contribution in [1.29, 1.82) is 0 Å². The Hall–Kier alpha value is -2.08. The van der Waals surface area contributed by atoms with Crippen molar-refractivity contribution in [3.63, 3.8) is 0 Å². The zero-order valence-electron chi connectivity index (χ0n) is 14.2. The van der Waals surface area contributed by atoms with E-state index in [0.29, 0.717) is 12.5 Å². The van der Waals surface area contributed by atoms with Gasteiger partial charge in [-0.25, -0.2) is 15.0 Å². The molecule has 0 aromatic carbocycles. The first-order valence-corrected chi connectivity index (χ1v) is 9.13. The van der Waals surface area contributed by atoms with E-state index in [2.05, 4.69) is 21.9 Å². The molecule has 0 saturated heterocycles. The van der Waals surface area contributed by atoms with Crippen LogP contribution in [0.1, 0.15) is 41.0 Å². The number of rotatable bonds is 2. The predicted octanol–water partition coefficient (Wildman–Crippen LogP) is 3.04. The summed E-state index contributed by atoms with van der Waals surface area (Å²) < 4.78 is 1.68. The largest absolute Gasteiger partial charge is 0.293 e. The molecule has 0 bridgehead atoms. The Morgan fingerprint density at radius 3 is 2.96 bits per heavy atom. The van der Waals surface area contributed by atoms with Crippen LogP contribution in [0.4, 0.5) is 0 Å². The summed E-state index contributed by atoms with van der Waals surface area (Å²) in [5.41, 5.74) is 3.05. The quantitative estimate of drug-likeness (QED) is 0.719. The predicted molar refractivity (Wildman–Crippen MR) is 95.7 cm³/mol. The molecule has 0 radical (unpaired) electrons. The van der Waals surface area contributed by atoms with Crippen molar-refractivity contribution >= 4 is 21.6 Å². The number of nitrogens with zero attached hydrogens (tertiary/aromatic N) is 4. The summed E-state index contributed by atoms with van der Waals surface area (Å²) in [6, 6.07) is 1.93. The third kappa shape index (κ3) is 2.65. The molecule has 1 aliphatic carbocycles. The maximum absolute atomic E-state index is 13.0. The minimum absolute atomic E-state index is 0.0565. The van der Waals surface area contributed by atoms with Crippen molar-refractivity contribution in [2.75, 3.05) is 0 Å². The minimum atomic E-state index is 0.0565. The lowest BCUT2D eigenvalue weighted by atomic mass is 9.89. The number of hydrogen-bond donors (Lipinski definition) is 0. The second kappa shape index (κ2) is 5.77. The Morgan fingerprint density at radius 2 is 2.17 bits per heavy atom. The summed E-state index contributed by atoms with van der Waals surface area (Å²) in [5.74, 6) is 1.42. The van der Waals surface area contributed by atoms with Crippen molar-refractivity contribution < 1.29 is 0 Å². The highest BCUT2D eigenvalue weighted by Gasteiger charge is 2.23. The van der Waals surface area contributed by atoms with E-state index < -0.39 is 0 Å². The van der Waals surface area contributed by atoms with Gasteiger partial charge in [0.15, 0.2) is 0 Å². The van der Waals surface area contributed by atoms with Crippen LogP contribution in [0.15, 0.2) is 17.2 Å². The SMILES string of the molecule is Cc1cc(Cn2cnc3sc4c(c3c2=O)CCC(C)C4)nc(C)n1. The first kappa shape index (κ1) is 15.4. The van der Waals surface area contributed by atoms with Gasteiger partial charge in [0.25, 0.3) is 5.56 Å². The maximum Gasteiger partial charge on any atom is 0.262 e. The van der Waals surface area contributed by atoms with Gasteiger partial charge in [-0.15, -0.1) is 11.3 Å². The fourth-order valence-corrected chi connectivity index (χ4v) is 4.87. The smallest absolute Gasteiger partial charge is 0.262 e. The minimum Gasteiger partial charge on any atom is -0.293 e. The molecule has 0 amide bonds. The zero-order valence-corrected chi connectivity index (χ0v) is 15.0. The molecule has 0 spiro atoms. The lowest BCUT2D eigenvalue weighted by Crippen LogP contribution is -2.22. The Kier molecular flexibility index (Phi) is 3.72. The van der Waals surface area contributed by atoms with Crippen LogP contribution in [0, 0.1) is 19.8 Å². The van der Waals surface area contributed by atoms with Crippen molar-refractivity contribution in [3.05, 3.63) is 50.4 Å². The third-order valence-electron chi connectivity index (χ3n) is 4.63. The van der Waals surface area contributed by atoms with E-state index in [1.165, 1.54) is 10.4 Å². The fraction of sp³-hybridized carbons (Fsp3) is 0.444. The highest BCUT2D eigenvalue weighted by Crippen LogP contribution is 2.35. The second-order valence-electron chi connectivity index (χ2n) is 6.76. The highest BCUT2D eigenvalue weighted by atomic mass is 32.1. The van der Waals surface area contributed by atoms with Gasteiger partial charge in [0.2, 0.25) is 0 Å². The van der Waals surface area contributed by atoms with Gasteiger partial charge in [-0.05, 0) is 50.7 Å². The molecule has 3 aromatic heterocycles. The zero-order chi connectivity index (χ0) is 16.8. The van der Waals surface area contributed by atoms with Crippen LogP contribution < -0.4 is 5.56 Å². The summed E-state index contributed by atoms with van der Waals surface area (Å²) in [4.78, 5) is 28.5. The van der Waals surface area contributed by atoms with Crippen molar-refractivity contribution in [3.8, 4) is 0 Å². The molecule has 3 aromatic rings. The summed E-state index contributed by atoms with van der Waals surface area (Å²) in [7, 11) is 0. The standard InChI is InChI=1S/C18H20N4OS/c1-10-4-5-14-15(6-10)24-17-16(14)18(23)22(9-19-17)8-13-7-11(2)20-12(3)21-13/h7,9-10H,4-6,8H2,1-3H3. The van der Waals surface area contributed by atoms with Crippen LogP contribution in [0.5, 0.6) is 0 Å². The summed E-state index contributed by atoms with van der Waals surface area (Å²) in [6.07, 6.45) is 4.86. The third-order valence-corrected chi connectivity index (χ3v) is 5.80. The van der Waals surface area contributed by atoms with Crippen molar-refractivity contribution in [2.24, 2.45) is 5.92 Å². The van der Waals surface area contributed by atoms with Gasteiger partial charge < -0.3 is 0 Å². The number of thiophene rings is 1. The van der Waals surface area contributed by atoms with Crippen LogP contribution >= 0.6 is 11.3 Å². The fourth-order valence-electron chi connectivity index (χ4n) is 3.53. The van der Waals surface area contributed by atoms with Gasteiger partial charge >= 0.3 is 0 Å². The lowest BCUT2D eigenvalue weighted by Gasteiger charge is -2.17. The maximum atomic E-state index is 13.0. The van der Waals surface area contributed by atoms with Gasteiger partial charge in [-0.2, -0.15) is 0 Å². The van der Waals surface area contributed by atoms with Gasteiger partial charge in [0.05, 0.1) is 24.0 Å². The number of fused-ring (bicyclic) bond motifs is 3. The van der Waals surface area contributed by atoms with Crippen LogP contribution in [0.2, 0.25) is 0 Å². The first-order valence-electron chi connectivity index (χ1n) is 8.32. The molecule has 1 unspecified atom stereocenters. The molecule has 0 saturated carbocycles. The van der Waals surface area contributed by atoms with Crippen LogP contribution in [0.3, 0.4) is 0 Å². The second-order valence-corrected chi connectivity index (χ2v) is 7.84. The molecule has 1 atom stereocenters. The summed E-state index contributed by atoms with van der Waals surface area (Å²) in [5, 5.41) is 0.826. The topological polar surface area (TPSA) is 60.7 Å². The summed E-state index contributed by atoms with van der Waals surface area (Å²) in [6.45, 7) is 6.53. The Bertz CT molecular complexity index is 968. The molecule has 4 rings (SSSR count). The number of aromatic nitrogens is 4. The number of hydrogen-bond acceptors (Lipinski definition) is 5. The average molecular weight is 340 g/mol. The van der Waals surface area contributed by atoms with E-state index in [4.69, 9.17) is 0 Å². The summed E-state index contributed by atoms with van der Waals surface area (Å²) >= 11 is 1.69. The Morgan fingerprint density at radius 1 is 1.33 bits per heavy atom. The van der Waals surface area contributed by atoms with E-state index in [1.807, 2.05) is 19.9 Å². The van der Waals surface area contributed by atoms with E-state index in [1.54, 1.807) is 22.2 Å². The molecule has 0 aliphatic heterocycles. The highest BCUT2D eigenvalue weighted by molar-refractivity contribution is 7.18. The molecular formula is C18H20N4OS. The molecule has 124 valence electrons. The normalized spacial score (nSPS) is 17.2. The molecule has 0 fully saturated rings. The van der Waals surface area contributed by atoms with E-state index in [9.17, 15) is 4.79 Å². The van der Waals surface area contributed by atoms with Gasteiger partial charge in [0, 0.05) is 10.6 Å². The molecule has 5 nitrogen and oxygen atoms in total. The Balaban J connectivity index is 1.80. The Labute approximate surface area is 144 Å².